The van der Waals surface area contributed by atoms with Crippen LogP contribution in [-0.2, 0) is 13.1 Å². The lowest BCUT2D eigenvalue weighted by Gasteiger charge is -2.19. The maximum absolute atomic E-state index is 9.65. The first-order chi connectivity index (χ1) is 10.2. The lowest BCUT2D eigenvalue weighted by molar-refractivity contribution is 0.174. The summed E-state index contributed by atoms with van der Waals surface area (Å²) in [5, 5.41) is 13.1. The van der Waals surface area contributed by atoms with Crippen LogP contribution in [0.1, 0.15) is 17.5 Å². The number of guanidine groups is 1. The van der Waals surface area contributed by atoms with Crippen molar-refractivity contribution in [2.45, 2.75) is 25.6 Å². The third-order valence-corrected chi connectivity index (χ3v) is 4.26. The highest BCUT2D eigenvalue weighted by Crippen LogP contribution is 2.16. The number of aliphatic hydroxyl groups is 1. The highest BCUT2D eigenvalue weighted by molar-refractivity contribution is 5.81. The van der Waals surface area contributed by atoms with E-state index >= 15 is 0 Å². The summed E-state index contributed by atoms with van der Waals surface area (Å²) in [5.41, 5.74) is 2.64. The van der Waals surface area contributed by atoms with E-state index in [0.29, 0.717) is 0 Å². The lowest BCUT2D eigenvalue weighted by atomic mass is 10.1. The second-order valence-electron chi connectivity index (χ2n) is 5.93. The molecule has 0 amide bonds. The summed E-state index contributed by atoms with van der Waals surface area (Å²) in [4.78, 5) is 8.94. The molecule has 21 heavy (non-hydrogen) atoms. The summed E-state index contributed by atoms with van der Waals surface area (Å²) < 4.78 is 0. The van der Waals surface area contributed by atoms with Crippen molar-refractivity contribution in [3.8, 4) is 0 Å². The first-order valence-electron chi connectivity index (χ1n) is 7.69. The Hall–Kier alpha value is -1.59. The average molecular weight is 288 g/mol. The molecule has 0 radical (unpaired) electrons. The number of benzene rings is 1. The fraction of sp³-hybridized carbons (Fsp3) is 0.562. The molecule has 2 N–H and O–H groups in total. The topological polar surface area (TPSA) is 51.1 Å². The molecule has 0 saturated carbocycles. The van der Waals surface area contributed by atoms with Crippen LogP contribution >= 0.6 is 0 Å². The first-order valence-corrected chi connectivity index (χ1v) is 7.69. The second kappa shape index (κ2) is 6.45. The molecule has 3 rings (SSSR count). The van der Waals surface area contributed by atoms with Crippen molar-refractivity contribution in [2.24, 2.45) is 4.99 Å². The Bertz CT molecular complexity index is 517. The van der Waals surface area contributed by atoms with Gasteiger partial charge in [-0.25, -0.2) is 0 Å². The molecule has 2 aliphatic rings. The molecule has 1 aromatic carbocycles. The molecular weight excluding hydrogens is 264 g/mol. The molecule has 1 atom stereocenters. The lowest BCUT2D eigenvalue weighted by Crippen LogP contribution is -2.35. The number of rotatable bonds is 4. The number of aliphatic hydroxyl groups excluding tert-OH is 1. The molecule has 5 heteroatoms. The SMILES string of the molecule is CN1CCN=C1NCc1ccccc1CN1CCC(O)C1. The van der Waals surface area contributed by atoms with Gasteiger partial charge in [-0.05, 0) is 17.5 Å². The number of aliphatic imine (C=N–C) groups is 1. The normalized spacial score (nSPS) is 22.7. The van der Waals surface area contributed by atoms with E-state index in [1.807, 2.05) is 0 Å². The quantitative estimate of drug-likeness (QED) is 0.854. The molecule has 1 unspecified atom stereocenters. The van der Waals surface area contributed by atoms with Gasteiger partial charge in [0.15, 0.2) is 5.96 Å². The van der Waals surface area contributed by atoms with Crippen molar-refractivity contribution in [1.29, 1.82) is 0 Å². The van der Waals surface area contributed by atoms with E-state index in [0.717, 1.165) is 51.6 Å². The van der Waals surface area contributed by atoms with E-state index in [9.17, 15) is 5.11 Å². The Morgan fingerprint density at radius 2 is 2.10 bits per heavy atom. The molecule has 0 spiro atoms. The van der Waals surface area contributed by atoms with Gasteiger partial charge in [0, 0.05) is 39.8 Å². The van der Waals surface area contributed by atoms with Gasteiger partial charge in [0.25, 0.3) is 0 Å². The van der Waals surface area contributed by atoms with Gasteiger partial charge in [0.1, 0.15) is 0 Å². The number of hydrogen-bond donors (Lipinski definition) is 2. The number of likely N-dealkylation sites (N-methyl/N-ethyl adjacent to an activating group) is 1. The molecule has 1 fully saturated rings. The summed E-state index contributed by atoms with van der Waals surface area (Å²) >= 11 is 0. The number of β-amino-alcohol motifs (C(OH)–C–C–N with tert-alkyl or cyclic N) is 1. The second-order valence-corrected chi connectivity index (χ2v) is 5.93. The molecule has 1 saturated heterocycles. The molecule has 114 valence electrons. The van der Waals surface area contributed by atoms with Gasteiger partial charge >= 0.3 is 0 Å². The maximum atomic E-state index is 9.65. The highest BCUT2D eigenvalue weighted by atomic mass is 16.3. The molecule has 0 aliphatic carbocycles. The Morgan fingerprint density at radius 1 is 1.29 bits per heavy atom. The van der Waals surface area contributed by atoms with Crippen molar-refractivity contribution in [3.63, 3.8) is 0 Å². The van der Waals surface area contributed by atoms with Crippen LogP contribution < -0.4 is 5.32 Å². The Balaban J connectivity index is 1.62. The summed E-state index contributed by atoms with van der Waals surface area (Å²) in [6.07, 6.45) is 0.735. The van der Waals surface area contributed by atoms with E-state index in [1.165, 1.54) is 11.1 Å². The molecule has 2 heterocycles. The summed E-state index contributed by atoms with van der Waals surface area (Å²) in [6, 6.07) is 8.52. The van der Waals surface area contributed by atoms with E-state index in [2.05, 4.69) is 51.4 Å². The van der Waals surface area contributed by atoms with Gasteiger partial charge in [-0.3, -0.25) is 9.89 Å². The fourth-order valence-corrected chi connectivity index (χ4v) is 2.98. The zero-order valence-electron chi connectivity index (χ0n) is 12.6. The van der Waals surface area contributed by atoms with Crippen LogP contribution in [0.3, 0.4) is 0 Å². The minimum atomic E-state index is -0.156. The van der Waals surface area contributed by atoms with Gasteiger partial charge in [0.05, 0.1) is 12.6 Å². The molecule has 0 aromatic heterocycles. The third-order valence-electron chi connectivity index (χ3n) is 4.26. The maximum Gasteiger partial charge on any atom is 0.194 e. The standard InChI is InChI=1S/C16H24N4O/c1-19-9-7-17-16(19)18-10-13-4-2-3-5-14(13)11-20-8-6-15(21)12-20/h2-5,15,21H,6-12H2,1H3,(H,17,18). The number of nitrogens with zero attached hydrogens (tertiary/aromatic N) is 3. The predicted molar refractivity (Wildman–Crippen MR) is 84.1 cm³/mol. The van der Waals surface area contributed by atoms with Crippen LogP contribution in [0.5, 0.6) is 0 Å². The summed E-state index contributed by atoms with van der Waals surface area (Å²) in [7, 11) is 2.07. The summed E-state index contributed by atoms with van der Waals surface area (Å²) in [5.74, 6) is 0.987. The van der Waals surface area contributed by atoms with Crippen LogP contribution in [0.15, 0.2) is 29.3 Å². The monoisotopic (exact) mass is 288 g/mol. The van der Waals surface area contributed by atoms with Gasteiger partial charge < -0.3 is 15.3 Å². The van der Waals surface area contributed by atoms with Gasteiger partial charge in [-0.1, -0.05) is 24.3 Å². The zero-order valence-corrected chi connectivity index (χ0v) is 12.6. The highest BCUT2D eigenvalue weighted by Gasteiger charge is 2.20. The molecule has 5 nitrogen and oxygen atoms in total. The van der Waals surface area contributed by atoms with Crippen LogP contribution in [0, 0.1) is 0 Å². The van der Waals surface area contributed by atoms with Crippen molar-refractivity contribution >= 4 is 5.96 Å². The Labute approximate surface area is 126 Å². The molecule has 1 aromatic rings. The first kappa shape index (κ1) is 14.4. The Morgan fingerprint density at radius 3 is 2.76 bits per heavy atom. The smallest absolute Gasteiger partial charge is 0.194 e. The number of hydrogen-bond acceptors (Lipinski definition) is 5. The van der Waals surface area contributed by atoms with Crippen LogP contribution in [0.2, 0.25) is 0 Å². The minimum Gasteiger partial charge on any atom is -0.392 e. The van der Waals surface area contributed by atoms with E-state index in [4.69, 9.17) is 0 Å². The molecule has 0 bridgehead atoms. The van der Waals surface area contributed by atoms with Gasteiger partial charge in [0.2, 0.25) is 0 Å². The largest absolute Gasteiger partial charge is 0.392 e. The summed E-state index contributed by atoms with van der Waals surface area (Å²) in [6.45, 7) is 5.37. The van der Waals surface area contributed by atoms with Crippen LogP contribution in [0.25, 0.3) is 0 Å². The third kappa shape index (κ3) is 3.54. The van der Waals surface area contributed by atoms with Crippen molar-refractivity contribution in [1.82, 2.24) is 15.1 Å². The van der Waals surface area contributed by atoms with Crippen LogP contribution in [-0.4, -0.2) is 60.2 Å². The van der Waals surface area contributed by atoms with E-state index < -0.39 is 0 Å². The average Bonchev–Trinajstić information content (AvgIpc) is 3.07. The number of likely N-dealkylation sites (tertiary alicyclic amines) is 1. The minimum absolute atomic E-state index is 0.156. The van der Waals surface area contributed by atoms with Gasteiger partial charge in [-0.2, -0.15) is 0 Å². The van der Waals surface area contributed by atoms with Crippen molar-refractivity contribution in [2.75, 3.05) is 33.2 Å². The van der Waals surface area contributed by atoms with Crippen LogP contribution in [0.4, 0.5) is 0 Å². The Kier molecular flexibility index (Phi) is 4.41. The van der Waals surface area contributed by atoms with Gasteiger partial charge in [-0.15, -0.1) is 0 Å². The predicted octanol–water partition coefficient (Wildman–Crippen LogP) is 0.644. The van der Waals surface area contributed by atoms with Crippen molar-refractivity contribution < 1.29 is 5.11 Å². The fourth-order valence-electron chi connectivity index (χ4n) is 2.98. The van der Waals surface area contributed by atoms with Crippen molar-refractivity contribution in [3.05, 3.63) is 35.4 Å². The zero-order chi connectivity index (χ0) is 14.7. The number of nitrogens with one attached hydrogen (secondary N) is 1. The molecular formula is C16H24N4O. The van der Waals surface area contributed by atoms with E-state index in [-0.39, 0.29) is 6.10 Å². The molecule has 2 aliphatic heterocycles. The van der Waals surface area contributed by atoms with E-state index in [1.54, 1.807) is 0 Å².